The molecule has 0 saturated carbocycles. The lowest BCUT2D eigenvalue weighted by molar-refractivity contribution is -0.113. The Labute approximate surface area is 191 Å². The summed E-state index contributed by atoms with van der Waals surface area (Å²) in [5, 5.41) is 16.7. The van der Waals surface area contributed by atoms with Crippen LogP contribution in [-0.2, 0) is 11.3 Å². The monoisotopic (exact) mass is 444 g/mol. The molecule has 32 heavy (non-hydrogen) atoms. The number of hydrogen-bond donors (Lipinski definition) is 1. The molecule has 1 N–H and O–H groups in total. The van der Waals surface area contributed by atoms with Crippen LogP contribution in [0.5, 0.6) is 0 Å². The molecule has 162 valence electrons. The molecule has 0 saturated heterocycles. The van der Waals surface area contributed by atoms with Crippen LogP contribution in [0.4, 0.5) is 5.82 Å². The van der Waals surface area contributed by atoms with Crippen LogP contribution in [0.2, 0.25) is 0 Å². The van der Waals surface area contributed by atoms with Crippen molar-refractivity contribution in [1.82, 2.24) is 24.5 Å². The Morgan fingerprint density at radius 2 is 1.84 bits per heavy atom. The number of para-hydroxylation sites is 1. The molecule has 0 aliphatic carbocycles. The molecule has 0 spiro atoms. The van der Waals surface area contributed by atoms with Gasteiger partial charge in [-0.3, -0.25) is 4.79 Å². The highest BCUT2D eigenvalue weighted by atomic mass is 32.2. The molecule has 7 nitrogen and oxygen atoms in total. The third-order valence-corrected chi connectivity index (χ3v) is 5.84. The Hall–Kier alpha value is -3.65. The van der Waals surface area contributed by atoms with Gasteiger partial charge in [-0.1, -0.05) is 65.9 Å². The number of rotatable bonds is 8. The normalized spacial score (nSPS) is 10.8. The van der Waals surface area contributed by atoms with Crippen LogP contribution in [0.25, 0.3) is 16.9 Å². The molecule has 4 rings (SSSR count). The fourth-order valence-corrected chi connectivity index (χ4v) is 4.01. The summed E-state index contributed by atoms with van der Waals surface area (Å²) in [6.07, 6.45) is 1.78. The SMILES string of the molecule is C=CCn1c(C)nnc1SCC(=O)Nc1cc(-c2ccc(C)cc2)nn1-c1ccccc1. The zero-order chi connectivity index (χ0) is 22.5. The number of carbonyl (C=O) groups is 1. The Balaban J connectivity index is 1.56. The van der Waals surface area contributed by atoms with Gasteiger partial charge in [0.05, 0.1) is 17.1 Å². The lowest BCUT2D eigenvalue weighted by atomic mass is 10.1. The van der Waals surface area contributed by atoms with Crippen LogP contribution in [0.15, 0.2) is 78.5 Å². The Bertz CT molecular complexity index is 1230. The summed E-state index contributed by atoms with van der Waals surface area (Å²) >= 11 is 1.34. The van der Waals surface area contributed by atoms with Gasteiger partial charge in [0.2, 0.25) is 5.91 Å². The van der Waals surface area contributed by atoms with E-state index in [4.69, 9.17) is 5.10 Å². The van der Waals surface area contributed by atoms with Crippen LogP contribution < -0.4 is 5.32 Å². The van der Waals surface area contributed by atoms with Gasteiger partial charge < -0.3 is 9.88 Å². The molecular weight excluding hydrogens is 420 g/mol. The molecule has 2 aromatic carbocycles. The molecule has 4 aromatic rings. The van der Waals surface area contributed by atoms with E-state index in [2.05, 4.69) is 22.1 Å². The fraction of sp³-hybridized carbons (Fsp3) is 0.167. The average Bonchev–Trinajstić information content (AvgIpc) is 3.37. The number of thioether (sulfide) groups is 1. The van der Waals surface area contributed by atoms with Crippen molar-refractivity contribution in [2.24, 2.45) is 0 Å². The van der Waals surface area contributed by atoms with E-state index in [-0.39, 0.29) is 11.7 Å². The molecule has 2 aromatic heterocycles. The van der Waals surface area contributed by atoms with Crippen LogP contribution >= 0.6 is 11.8 Å². The zero-order valence-electron chi connectivity index (χ0n) is 18.0. The molecule has 8 heteroatoms. The third-order valence-electron chi connectivity index (χ3n) is 4.87. The van der Waals surface area contributed by atoms with Gasteiger partial charge >= 0.3 is 0 Å². The van der Waals surface area contributed by atoms with E-state index < -0.39 is 0 Å². The molecule has 0 atom stereocenters. The maximum Gasteiger partial charge on any atom is 0.236 e. The molecule has 0 bridgehead atoms. The summed E-state index contributed by atoms with van der Waals surface area (Å²) in [5.74, 6) is 1.46. The molecule has 0 fully saturated rings. The lowest BCUT2D eigenvalue weighted by Gasteiger charge is -2.09. The van der Waals surface area contributed by atoms with Gasteiger partial charge in [-0.05, 0) is 26.0 Å². The molecule has 0 aliphatic rings. The van der Waals surface area contributed by atoms with Crippen molar-refractivity contribution in [3.63, 3.8) is 0 Å². The quantitative estimate of drug-likeness (QED) is 0.316. The maximum atomic E-state index is 12.8. The average molecular weight is 445 g/mol. The van der Waals surface area contributed by atoms with Crippen molar-refractivity contribution >= 4 is 23.5 Å². The van der Waals surface area contributed by atoms with Gasteiger partial charge in [0, 0.05) is 18.2 Å². The first-order valence-corrected chi connectivity index (χ1v) is 11.2. The van der Waals surface area contributed by atoms with E-state index >= 15 is 0 Å². The predicted molar refractivity (Wildman–Crippen MR) is 128 cm³/mol. The number of anilines is 1. The second-order valence-electron chi connectivity index (χ2n) is 7.29. The minimum absolute atomic E-state index is 0.145. The second-order valence-corrected chi connectivity index (χ2v) is 8.24. The first-order chi connectivity index (χ1) is 15.5. The van der Waals surface area contributed by atoms with E-state index in [1.807, 2.05) is 79.1 Å². The van der Waals surface area contributed by atoms with Crippen molar-refractivity contribution in [3.05, 3.63) is 84.7 Å². The minimum atomic E-state index is -0.145. The van der Waals surface area contributed by atoms with Crippen molar-refractivity contribution in [2.45, 2.75) is 25.5 Å². The molecule has 0 aliphatic heterocycles. The summed E-state index contributed by atoms with van der Waals surface area (Å²) in [6, 6.07) is 19.8. The number of allylic oxidation sites excluding steroid dienone is 1. The van der Waals surface area contributed by atoms with E-state index in [0.29, 0.717) is 17.5 Å². The summed E-state index contributed by atoms with van der Waals surface area (Å²) in [7, 11) is 0. The van der Waals surface area contributed by atoms with Crippen LogP contribution in [0.1, 0.15) is 11.4 Å². The number of amides is 1. The van der Waals surface area contributed by atoms with Gasteiger partial charge in [0.15, 0.2) is 5.16 Å². The number of aromatic nitrogens is 5. The standard InChI is InChI=1S/C24H24N6OS/c1-4-14-29-18(3)26-27-24(29)32-16-23(31)25-22-15-21(19-12-10-17(2)11-13-19)28-30(22)20-8-6-5-7-9-20/h4-13,15H,1,14,16H2,2-3H3,(H,25,31). The minimum Gasteiger partial charge on any atom is -0.310 e. The van der Waals surface area contributed by atoms with Crippen molar-refractivity contribution in [2.75, 3.05) is 11.1 Å². The Morgan fingerprint density at radius 1 is 1.09 bits per heavy atom. The molecule has 1 amide bonds. The number of nitrogens with zero attached hydrogens (tertiary/aromatic N) is 5. The van der Waals surface area contributed by atoms with Gasteiger partial charge in [0.1, 0.15) is 11.6 Å². The first kappa shape index (κ1) is 21.6. The van der Waals surface area contributed by atoms with Crippen molar-refractivity contribution in [3.8, 4) is 16.9 Å². The topological polar surface area (TPSA) is 77.6 Å². The van der Waals surface area contributed by atoms with E-state index in [1.165, 1.54) is 17.3 Å². The van der Waals surface area contributed by atoms with Gasteiger partial charge in [-0.15, -0.1) is 16.8 Å². The molecular formula is C24H24N6OS. The number of nitrogens with one attached hydrogen (secondary N) is 1. The van der Waals surface area contributed by atoms with Gasteiger partial charge in [-0.25, -0.2) is 4.68 Å². The summed E-state index contributed by atoms with van der Waals surface area (Å²) in [6.45, 7) is 8.29. The predicted octanol–water partition coefficient (Wildman–Crippen LogP) is 4.66. The van der Waals surface area contributed by atoms with E-state index in [1.54, 1.807) is 10.8 Å². The van der Waals surface area contributed by atoms with Crippen LogP contribution in [-0.4, -0.2) is 36.2 Å². The Morgan fingerprint density at radius 3 is 2.56 bits per heavy atom. The van der Waals surface area contributed by atoms with Crippen molar-refractivity contribution < 1.29 is 4.79 Å². The number of aryl methyl sites for hydroxylation is 2. The maximum absolute atomic E-state index is 12.8. The lowest BCUT2D eigenvalue weighted by Crippen LogP contribution is -2.17. The summed E-state index contributed by atoms with van der Waals surface area (Å²) < 4.78 is 3.68. The molecule has 0 unspecified atom stereocenters. The van der Waals surface area contributed by atoms with Gasteiger partial charge in [-0.2, -0.15) is 5.10 Å². The van der Waals surface area contributed by atoms with E-state index in [9.17, 15) is 4.79 Å². The van der Waals surface area contributed by atoms with Gasteiger partial charge in [0.25, 0.3) is 0 Å². The van der Waals surface area contributed by atoms with Crippen LogP contribution in [0.3, 0.4) is 0 Å². The number of carbonyl (C=O) groups excluding carboxylic acids is 1. The van der Waals surface area contributed by atoms with Crippen LogP contribution in [0, 0.1) is 13.8 Å². The largest absolute Gasteiger partial charge is 0.310 e. The Kier molecular flexibility index (Phi) is 6.51. The fourth-order valence-electron chi connectivity index (χ4n) is 3.22. The number of benzene rings is 2. The molecule has 0 radical (unpaired) electrons. The van der Waals surface area contributed by atoms with E-state index in [0.717, 1.165) is 22.8 Å². The zero-order valence-corrected chi connectivity index (χ0v) is 18.8. The highest BCUT2D eigenvalue weighted by molar-refractivity contribution is 7.99. The highest BCUT2D eigenvalue weighted by Crippen LogP contribution is 2.26. The number of hydrogen-bond acceptors (Lipinski definition) is 5. The molecule has 2 heterocycles. The first-order valence-electron chi connectivity index (χ1n) is 10.2. The highest BCUT2D eigenvalue weighted by Gasteiger charge is 2.16. The second kappa shape index (κ2) is 9.65. The third kappa shape index (κ3) is 4.81. The summed E-state index contributed by atoms with van der Waals surface area (Å²) in [5.41, 5.74) is 3.83. The smallest absolute Gasteiger partial charge is 0.236 e. The van der Waals surface area contributed by atoms with Crippen molar-refractivity contribution in [1.29, 1.82) is 0 Å². The summed E-state index contributed by atoms with van der Waals surface area (Å²) in [4.78, 5) is 12.8.